The summed E-state index contributed by atoms with van der Waals surface area (Å²) in [6, 6.07) is 0. The molecule has 0 aromatic carbocycles. The molecule has 0 aromatic rings. The summed E-state index contributed by atoms with van der Waals surface area (Å²) in [6.45, 7) is 2.33. The van der Waals surface area contributed by atoms with Crippen LogP contribution in [0.25, 0.3) is 0 Å². The first kappa shape index (κ1) is 6.53. The summed E-state index contributed by atoms with van der Waals surface area (Å²) < 4.78 is 4.33. The number of hydrogen-bond acceptors (Lipinski definition) is 2. The lowest BCUT2D eigenvalue weighted by molar-refractivity contribution is 0.173. The molecule has 0 N–H and O–H groups in total. The quantitative estimate of drug-likeness (QED) is 0.475. The van der Waals surface area contributed by atoms with E-state index in [1.54, 1.807) is 0 Å². The van der Waals surface area contributed by atoms with Crippen molar-refractivity contribution in [2.45, 2.75) is 13.3 Å². The van der Waals surface area contributed by atoms with Crippen molar-refractivity contribution in [3.8, 4) is 0 Å². The highest BCUT2D eigenvalue weighted by Gasteiger charge is 1.85. The van der Waals surface area contributed by atoms with Gasteiger partial charge in [0.05, 0.1) is 6.61 Å². The molecule has 0 aliphatic rings. The smallest absolute Gasteiger partial charge is 0.235 e. The van der Waals surface area contributed by atoms with E-state index < -0.39 is 5.87 Å². The number of rotatable bonds is 2. The van der Waals surface area contributed by atoms with E-state index >= 15 is 0 Å². The summed E-state index contributed by atoms with van der Waals surface area (Å²) >= 11 is 0. The third kappa shape index (κ3) is 5.53. The monoisotopic (exact) mass is 98.1 g/mol. The highest BCUT2D eigenvalue weighted by atomic mass is 16.5. The zero-order valence-electron chi connectivity index (χ0n) is 4.31. The minimum atomic E-state index is -0.693. The maximum atomic E-state index is 9.76. The van der Waals surface area contributed by atoms with Crippen LogP contribution in [0.2, 0.25) is 0 Å². The Labute approximate surface area is 44.3 Å². The fourth-order valence-corrected chi connectivity index (χ4v) is 0.203. The normalized spacial score (nSPS) is 8.14. The maximum absolute atomic E-state index is 9.76. The van der Waals surface area contributed by atoms with Crippen LogP contribution in [0.4, 0.5) is 4.79 Å². The fourth-order valence-electron chi connectivity index (χ4n) is 0.203. The predicted octanol–water partition coefficient (Wildman–Crippen LogP) is 0.702. The van der Waals surface area contributed by atoms with Crippen LogP contribution in [0.3, 0.4) is 0 Å². The second-order valence-corrected chi connectivity index (χ2v) is 1.17. The van der Waals surface area contributed by atoms with E-state index in [9.17, 15) is 4.79 Å². The first-order valence-electron chi connectivity index (χ1n) is 2.19. The minimum absolute atomic E-state index is 0.426. The van der Waals surface area contributed by atoms with Crippen LogP contribution in [0.5, 0.6) is 0 Å². The molecule has 0 atom stereocenters. The lowest BCUT2D eigenvalue weighted by atomic mass is 10.2. The summed E-state index contributed by atoms with van der Waals surface area (Å²) in [5, 5.41) is 0. The van der Waals surface area contributed by atoms with Gasteiger partial charge in [0.2, 0.25) is 13.7 Å². The van der Waals surface area contributed by atoms with E-state index in [4.69, 9.17) is 0 Å². The van der Waals surface area contributed by atoms with Crippen molar-refractivity contribution < 1.29 is 9.53 Å². The van der Waals surface area contributed by atoms with Gasteiger partial charge in [0.25, 0.3) is 0 Å². The Kier molecular flexibility index (Phi) is 3.47. The van der Waals surface area contributed by atoms with Crippen LogP contribution < -0.4 is 0 Å². The highest BCUT2D eigenvalue weighted by Crippen LogP contribution is 1.78. The van der Waals surface area contributed by atoms with Crippen molar-refractivity contribution in [1.82, 2.24) is 0 Å². The van der Waals surface area contributed by atoms with Gasteiger partial charge in [-0.15, -0.1) is 0 Å². The minimum Gasteiger partial charge on any atom is -0.475 e. The number of carbonyl (C=O) groups excluding carboxylic acids is 1. The lowest BCUT2D eigenvalue weighted by Gasteiger charge is -1.94. The molecule has 0 fully saturated rings. The van der Waals surface area contributed by atoms with Gasteiger partial charge in [-0.3, -0.25) is 4.79 Å². The van der Waals surface area contributed by atoms with Gasteiger partial charge in [0.1, 0.15) is 0 Å². The molecule has 2 radical (unpaired) electrons. The molecular formula is C4H7BO2. The SMILES string of the molecule is [B]C(=O)OCCC. The molecule has 0 saturated heterocycles. The molecular weight excluding hydrogens is 90.9 g/mol. The number of carbonyl (C=O) groups is 1. The third-order valence-electron chi connectivity index (χ3n) is 0.448. The number of ether oxygens (including phenoxy) is 1. The lowest BCUT2D eigenvalue weighted by Crippen LogP contribution is -2.00. The molecule has 0 bridgehead atoms. The van der Waals surface area contributed by atoms with E-state index in [1.807, 2.05) is 6.92 Å². The Hall–Kier alpha value is -0.465. The number of hydrogen-bond donors (Lipinski definition) is 0. The predicted molar refractivity (Wildman–Crippen MR) is 27.4 cm³/mol. The molecule has 0 aliphatic carbocycles. The largest absolute Gasteiger partial charge is 0.475 e. The van der Waals surface area contributed by atoms with Crippen LogP contribution in [-0.2, 0) is 4.74 Å². The fraction of sp³-hybridized carbons (Fsp3) is 0.750. The topological polar surface area (TPSA) is 26.3 Å². The molecule has 0 amide bonds. The first-order valence-corrected chi connectivity index (χ1v) is 2.19. The van der Waals surface area contributed by atoms with Crippen molar-refractivity contribution in [1.29, 1.82) is 0 Å². The summed E-state index contributed by atoms with van der Waals surface area (Å²) in [6.07, 6.45) is 0.822. The summed E-state index contributed by atoms with van der Waals surface area (Å²) in [5.41, 5.74) is 0. The van der Waals surface area contributed by atoms with Crippen LogP contribution in [-0.4, -0.2) is 20.3 Å². The molecule has 0 heterocycles. The van der Waals surface area contributed by atoms with Gasteiger partial charge in [-0.1, -0.05) is 6.92 Å². The van der Waals surface area contributed by atoms with Crippen molar-refractivity contribution in [2.24, 2.45) is 0 Å². The Morgan fingerprint density at radius 1 is 1.86 bits per heavy atom. The molecule has 0 spiro atoms. The van der Waals surface area contributed by atoms with Crippen LogP contribution in [0.15, 0.2) is 0 Å². The molecule has 0 aromatic heterocycles. The molecule has 0 saturated carbocycles. The van der Waals surface area contributed by atoms with Gasteiger partial charge in [-0.2, -0.15) is 0 Å². The van der Waals surface area contributed by atoms with Gasteiger partial charge in [0, 0.05) is 0 Å². The Balaban J connectivity index is 2.82. The second-order valence-electron chi connectivity index (χ2n) is 1.17. The molecule has 2 nitrogen and oxygen atoms in total. The Bertz CT molecular complexity index is 62.7. The van der Waals surface area contributed by atoms with E-state index in [0.29, 0.717) is 6.61 Å². The van der Waals surface area contributed by atoms with Crippen LogP contribution >= 0.6 is 0 Å². The van der Waals surface area contributed by atoms with E-state index in [0.717, 1.165) is 6.42 Å². The van der Waals surface area contributed by atoms with Gasteiger partial charge in [0.15, 0.2) is 0 Å². The van der Waals surface area contributed by atoms with Crippen LogP contribution in [0.1, 0.15) is 13.3 Å². The Morgan fingerprint density at radius 3 is 2.57 bits per heavy atom. The zero-order chi connectivity index (χ0) is 5.70. The second kappa shape index (κ2) is 3.72. The Morgan fingerprint density at radius 2 is 2.43 bits per heavy atom. The van der Waals surface area contributed by atoms with Gasteiger partial charge in [-0.05, 0) is 6.42 Å². The molecule has 0 rings (SSSR count). The maximum Gasteiger partial charge on any atom is 0.235 e. The van der Waals surface area contributed by atoms with E-state index in [-0.39, 0.29) is 0 Å². The van der Waals surface area contributed by atoms with E-state index in [2.05, 4.69) is 12.6 Å². The van der Waals surface area contributed by atoms with Gasteiger partial charge in [-0.25, -0.2) is 0 Å². The third-order valence-corrected chi connectivity index (χ3v) is 0.448. The van der Waals surface area contributed by atoms with Gasteiger partial charge < -0.3 is 4.74 Å². The van der Waals surface area contributed by atoms with Crippen molar-refractivity contribution in [3.63, 3.8) is 0 Å². The van der Waals surface area contributed by atoms with Crippen LogP contribution in [0, 0.1) is 0 Å². The molecule has 0 aliphatic heterocycles. The average molecular weight is 97.9 g/mol. The summed E-state index contributed by atoms with van der Waals surface area (Å²) in [5.74, 6) is -0.693. The van der Waals surface area contributed by atoms with Gasteiger partial charge >= 0.3 is 0 Å². The molecule has 0 unspecified atom stereocenters. The highest BCUT2D eigenvalue weighted by molar-refractivity contribution is 6.55. The van der Waals surface area contributed by atoms with Crippen molar-refractivity contribution in [2.75, 3.05) is 6.61 Å². The zero-order valence-corrected chi connectivity index (χ0v) is 4.31. The molecule has 7 heavy (non-hydrogen) atoms. The first-order chi connectivity index (χ1) is 3.27. The summed E-state index contributed by atoms with van der Waals surface area (Å²) in [7, 11) is 4.62. The molecule has 38 valence electrons. The standard InChI is InChI=1S/C4H7BO2/c1-2-3-7-4(5)6/h2-3H2,1H3. The average Bonchev–Trinajstić information content (AvgIpc) is 1.61. The summed E-state index contributed by atoms with van der Waals surface area (Å²) in [4.78, 5) is 9.76. The van der Waals surface area contributed by atoms with E-state index in [1.165, 1.54) is 0 Å². The van der Waals surface area contributed by atoms with Crippen molar-refractivity contribution >= 4 is 13.7 Å². The molecule has 3 heteroatoms. The van der Waals surface area contributed by atoms with Crippen molar-refractivity contribution in [3.05, 3.63) is 0 Å².